The van der Waals surface area contributed by atoms with E-state index in [0.29, 0.717) is 17.5 Å². The van der Waals surface area contributed by atoms with Gasteiger partial charge >= 0.3 is 0 Å². The van der Waals surface area contributed by atoms with Gasteiger partial charge in [-0.3, -0.25) is 9.59 Å². The molecule has 0 bridgehead atoms. The van der Waals surface area contributed by atoms with E-state index in [0.717, 1.165) is 30.9 Å². The van der Waals surface area contributed by atoms with Gasteiger partial charge in [0.15, 0.2) is 0 Å². The molecule has 1 aromatic heterocycles. The highest BCUT2D eigenvalue weighted by Gasteiger charge is 2.68. The molecule has 146 valence electrons. The average Bonchev–Trinajstić information content (AvgIpc) is 2.98. The molecule has 6 heteroatoms. The van der Waals surface area contributed by atoms with Gasteiger partial charge in [-0.05, 0) is 23.7 Å². The van der Waals surface area contributed by atoms with E-state index in [4.69, 9.17) is 6.42 Å². The van der Waals surface area contributed by atoms with Crippen molar-refractivity contribution < 1.29 is 9.59 Å². The topological polar surface area (TPSA) is 53.5 Å². The van der Waals surface area contributed by atoms with E-state index in [2.05, 4.69) is 38.6 Å². The summed E-state index contributed by atoms with van der Waals surface area (Å²) in [6.07, 6.45) is 7.08. The summed E-state index contributed by atoms with van der Waals surface area (Å²) in [5.41, 5.74) is 0.624. The van der Waals surface area contributed by atoms with Gasteiger partial charge in [0, 0.05) is 37.4 Å². The summed E-state index contributed by atoms with van der Waals surface area (Å²) < 4.78 is 0. The molecule has 2 heterocycles. The second kappa shape index (κ2) is 6.94. The predicted molar refractivity (Wildman–Crippen MR) is 108 cm³/mol. The van der Waals surface area contributed by atoms with Crippen molar-refractivity contribution >= 4 is 23.2 Å². The molecular formula is C21H29N3O2S. The van der Waals surface area contributed by atoms with Gasteiger partial charge in [-0.1, -0.05) is 33.6 Å². The van der Waals surface area contributed by atoms with Crippen molar-refractivity contribution in [2.45, 2.75) is 46.5 Å². The average molecular weight is 388 g/mol. The molecule has 27 heavy (non-hydrogen) atoms. The number of amides is 2. The van der Waals surface area contributed by atoms with Gasteiger partial charge in [0.1, 0.15) is 5.69 Å². The molecule has 0 unspecified atom stereocenters. The van der Waals surface area contributed by atoms with Crippen LogP contribution in [-0.4, -0.2) is 53.3 Å². The molecule has 1 saturated carbocycles. The van der Waals surface area contributed by atoms with Gasteiger partial charge in [0.05, 0.1) is 11.6 Å². The number of carbonyl (C=O) groups is 2. The Morgan fingerprint density at radius 2 is 1.89 bits per heavy atom. The molecule has 1 aliphatic carbocycles. The van der Waals surface area contributed by atoms with Crippen LogP contribution in [0.2, 0.25) is 0 Å². The Bertz CT molecular complexity index is 768. The maximum absolute atomic E-state index is 12.9. The summed E-state index contributed by atoms with van der Waals surface area (Å²) in [5, 5.41) is 2.81. The van der Waals surface area contributed by atoms with Crippen molar-refractivity contribution in [1.29, 1.82) is 0 Å². The molecule has 0 aromatic carbocycles. The van der Waals surface area contributed by atoms with Crippen LogP contribution in [0.15, 0.2) is 5.38 Å². The van der Waals surface area contributed by atoms with Gasteiger partial charge in [-0.15, -0.1) is 17.8 Å². The van der Waals surface area contributed by atoms with Gasteiger partial charge in [-0.25, -0.2) is 4.98 Å². The van der Waals surface area contributed by atoms with Crippen LogP contribution in [0.1, 0.15) is 62.0 Å². The lowest BCUT2D eigenvalue weighted by atomic mass is 9.96. The van der Waals surface area contributed by atoms with E-state index in [9.17, 15) is 9.59 Å². The third-order valence-electron chi connectivity index (χ3n) is 6.84. The standard InChI is InChI=1S/C21H29N3O2S/c1-7-10-23(6)18(25)15-13-27-17(22-15)14-8-11-24(12-9-14)19(26)16-20(2,3)21(16,4)5/h1,13-14,16H,8-12H2,2-6H3. The smallest absolute Gasteiger partial charge is 0.273 e. The van der Waals surface area contributed by atoms with Crippen LogP contribution in [0.5, 0.6) is 0 Å². The molecule has 5 nitrogen and oxygen atoms in total. The number of hydrogen-bond acceptors (Lipinski definition) is 4. The molecule has 2 amide bonds. The zero-order chi connectivity index (χ0) is 20.0. The number of nitrogens with zero attached hydrogens (tertiary/aromatic N) is 3. The number of hydrogen-bond donors (Lipinski definition) is 0. The lowest BCUT2D eigenvalue weighted by Gasteiger charge is -2.32. The molecule has 0 atom stereocenters. The fourth-order valence-electron chi connectivity index (χ4n) is 4.32. The molecule has 0 spiro atoms. The largest absolute Gasteiger partial charge is 0.342 e. The quantitative estimate of drug-likeness (QED) is 0.746. The highest BCUT2D eigenvalue weighted by Crippen LogP contribution is 2.68. The lowest BCUT2D eigenvalue weighted by molar-refractivity contribution is -0.134. The second-order valence-electron chi connectivity index (χ2n) is 8.91. The molecule has 0 radical (unpaired) electrons. The molecule has 3 rings (SSSR count). The maximum atomic E-state index is 12.9. The van der Waals surface area contributed by atoms with Crippen LogP contribution in [0.3, 0.4) is 0 Å². The van der Waals surface area contributed by atoms with Crippen molar-refractivity contribution in [3.63, 3.8) is 0 Å². The highest BCUT2D eigenvalue weighted by molar-refractivity contribution is 7.09. The molecular weight excluding hydrogens is 358 g/mol. The number of rotatable bonds is 4. The monoisotopic (exact) mass is 387 g/mol. The first-order valence-corrected chi connectivity index (χ1v) is 10.4. The maximum Gasteiger partial charge on any atom is 0.273 e. The summed E-state index contributed by atoms with van der Waals surface area (Å²) in [7, 11) is 1.69. The molecule has 0 N–H and O–H groups in total. The van der Waals surface area contributed by atoms with Crippen molar-refractivity contribution in [2.24, 2.45) is 16.7 Å². The van der Waals surface area contributed by atoms with Crippen molar-refractivity contribution in [2.75, 3.05) is 26.7 Å². The summed E-state index contributed by atoms with van der Waals surface area (Å²) in [6.45, 7) is 10.6. The Balaban J connectivity index is 1.58. The van der Waals surface area contributed by atoms with E-state index in [-0.39, 0.29) is 29.2 Å². The Kier molecular flexibility index (Phi) is 5.11. The zero-order valence-corrected chi connectivity index (χ0v) is 17.7. The van der Waals surface area contributed by atoms with E-state index >= 15 is 0 Å². The zero-order valence-electron chi connectivity index (χ0n) is 16.9. The summed E-state index contributed by atoms with van der Waals surface area (Å²) in [6, 6.07) is 0. The van der Waals surface area contributed by atoms with Crippen molar-refractivity contribution in [3.8, 4) is 12.3 Å². The van der Waals surface area contributed by atoms with Crippen molar-refractivity contribution in [1.82, 2.24) is 14.8 Å². The third kappa shape index (κ3) is 3.38. The van der Waals surface area contributed by atoms with Gasteiger partial charge < -0.3 is 9.80 Å². The van der Waals surface area contributed by atoms with Crippen LogP contribution >= 0.6 is 11.3 Å². The Morgan fingerprint density at radius 3 is 2.41 bits per heavy atom. The molecule has 2 fully saturated rings. The number of carbonyl (C=O) groups excluding carboxylic acids is 2. The van der Waals surface area contributed by atoms with Crippen LogP contribution in [0.4, 0.5) is 0 Å². The minimum absolute atomic E-state index is 0.0793. The first-order valence-electron chi connectivity index (χ1n) is 9.54. The second-order valence-corrected chi connectivity index (χ2v) is 9.80. The molecule has 2 aliphatic rings. The number of thiazole rings is 1. The Morgan fingerprint density at radius 1 is 1.30 bits per heavy atom. The highest BCUT2D eigenvalue weighted by atomic mass is 32.1. The van der Waals surface area contributed by atoms with Crippen LogP contribution in [-0.2, 0) is 4.79 Å². The lowest BCUT2D eigenvalue weighted by Crippen LogP contribution is -2.40. The molecule has 1 aromatic rings. The predicted octanol–water partition coefficient (Wildman–Crippen LogP) is 3.24. The van der Waals surface area contributed by atoms with E-state index in [1.54, 1.807) is 7.05 Å². The normalized spacial score (nSPS) is 21.6. The van der Waals surface area contributed by atoms with Crippen LogP contribution < -0.4 is 0 Å². The van der Waals surface area contributed by atoms with Gasteiger partial charge in [-0.2, -0.15) is 0 Å². The van der Waals surface area contributed by atoms with E-state index in [1.165, 1.54) is 16.2 Å². The summed E-state index contributed by atoms with van der Waals surface area (Å²) in [5.74, 6) is 3.08. The van der Waals surface area contributed by atoms with Gasteiger partial charge in [0.25, 0.3) is 5.91 Å². The number of terminal acetylenes is 1. The minimum atomic E-state index is -0.138. The number of piperidine rings is 1. The minimum Gasteiger partial charge on any atom is -0.342 e. The summed E-state index contributed by atoms with van der Waals surface area (Å²) >= 11 is 1.53. The Labute approximate surface area is 166 Å². The molecule has 1 saturated heterocycles. The van der Waals surface area contributed by atoms with Crippen LogP contribution in [0, 0.1) is 29.1 Å². The number of likely N-dealkylation sites (tertiary alicyclic amines) is 1. The van der Waals surface area contributed by atoms with Crippen molar-refractivity contribution in [3.05, 3.63) is 16.1 Å². The van der Waals surface area contributed by atoms with E-state index < -0.39 is 0 Å². The fourth-order valence-corrected chi connectivity index (χ4v) is 5.29. The third-order valence-corrected chi connectivity index (χ3v) is 7.85. The van der Waals surface area contributed by atoms with Crippen LogP contribution in [0.25, 0.3) is 0 Å². The fraction of sp³-hybridized carbons (Fsp3) is 0.667. The van der Waals surface area contributed by atoms with Gasteiger partial charge in [0.2, 0.25) is 5.91 Å². The van der Waals surface area contributed by atoms with E-state index in [1.807, 2.05) is 10.3 Å². The summed E-state index contributed by atoms with van der Waals surface area (Å²) in [4.78, 5) is 33.3. The SMILES string of the molecule is C#CCN(C)C(=O)c1csc(C2CCN(C(=O)C3C(C)(C)C3(C)C)CC2)n1. The number of aromatic nitrogens is 1. The Hall–Kier alpha value is -1.87. The molecule has 1 aliphatic heterocycles. The first kappa shape index (κ1) is 19.9. The first-order chi connectivity index (χ1) is 12.6.